The summed E-state index contributed by atoms with van der Waals surface area (Å²) < 4.78 is 0. The van der Waals surface area contributed by atoms with Crippen LogP contribution in [0.4, 0.5) is 0 Å². The molecule has 0 atom stereocenters. The molecular weight excluding hydrogens is 259 g/mol. The van der Waals surface area contributed by atoms with E-state index in [0.717, 1.165) is 10.8 Å². The van der Waals surface area contributed by atoms with Gasteiger partial charge in [-0.05, 0) is 16.8 Å². The molecule has 4 heteroatoms. The molecule has 0 aliphatic rings. The van der Waals surface area contributed by atoms with Crippen LogP contribution in [0.1, 0.15) is 13.2 Å². The monoisotopic (exact) mass is 269 g/mol. The third kappa shape index (κ3) is 3.20. The summed E-state index contributed by atoms with van der Waals surface area (Å²) in [5.41, 5.74) is 0.359. The summed E-state index contributed by atoms with van der Waals surface area (Å²) in [5.74, 6) is -0.878. The number of hydrogen-bond donors (Lipinski definition) is 1. The summed E-state index contributed by atoms with van der Waals surface area (Å²) in [4.78, 5) is 10.8. The molecule has 0 heterocycles. The van der Waals surface area contributed by atoms with Crippen molar-refractivity contribution >= 4 is 54.5 Å². The Hall–Kier alpha value is -0.0508. The Kier molecular flexibility index (Phi) is 6.49. The van der Waals surface area contributed by atoms with Crippen LogP contribution >= 0.6 is 0 Å². The molecule has 0 amide bonds. The molecule has 2 aromatic rings. The van der Waals surface area contributed by atoms with Crippen molar-refractivity contribution in [3.8, 4) is 0 Å². The van der Waals surface area contributed by atoms with Crippen molar-refractivity contribution in [2.24, 2.45) is 0 Å². The van der Waals surface area contributed by atoms with E-state index in [4.69, 9.17) is 5.11 Å². The zero-order valence-corrected chi connectivity index (χ0v) is 11.4. The summed E-state index contributed by atoms with van der Waals surface area (Å²) in [6.07, 6.45) is 0. The Morgan fingerprint density at radius 3 is 2.33 bits per heavy atom. The normalized spacial score (nSPS) is 8.80. The second-order valence-corrected chi connectivity index (χ2v) is 2.83. The summed E-state index contributed by atoms with van der Waals surface area (Å²) in [6, 6.07) is 12.7. The number of fused-ring (bicyclic) bond motifs is 1. The smallest absolute Gasteiger partial charge is 1.00 e. The number of hydrogen-bond acceptors (Lipinski definition) is 1. The average molecular weight is 269 g/mol. The van der Waals surface area contributed by atoms with E-state index >= 15 is 0 Å². The van der Waals surface area contributed by atoms with Crippen molar-refractivity contribution in [3.63, 3.8) is 0 Å². The largest absolute Gasteiger partial charge is 2.00 e. The topological polar surface area (TPSA) is 37.3 Å². The van der Waals surface area contributed by atoms with E-state index in [2.05, 4.69) is 0 Å². The predicted octanol–water partition coefficient (Wildman–Crippen LogP) is 2.38. The van der Waals surface area contributed by atoms with E-state index in [1.807, 2.05) is 30.3 Å². The van der Waals surface area contributed by atoms with Crippen LogP contribution in [-0.4, -0.2) is 48.8 Å². The van der Waals surface area contributed by atoms with Gasteiger partial charge in [0.05, 0.1) is 5.56 Å². The second-order valence-electron chi connectivity index (χ2n) is 2.83. The molecule has 0 aliphatic heterocycles. The van der Waals surface area contributed by atoms with Crippen molar-refractivity contribution in [2.75, 3.05) is 0 Å². The summed E-state index contributed by atoms with van der Waals surface area (Å²) in [6.45, 7) is 0. The Balaban J connectivity index is -0.000000490. The first-order valence-corrected chi connectivity index (χ1v) is 4.00. The van der Waals surface area contributed by atoms with E-state index in [1.54, 1.807) is 12.1 Å². The maximum atomic E-state index is 10.8. The third-order valence-corrected chi connectivity index (χ3v) is 2.02. The van der Waals surface area contributed by atoms with Gasteiger partial charge in [-0.25, -0.2) is 4.79 Å². The van der Waals surface area contributed by atoms with Crippen LogP contribution in [0, 0.1) is 0 Å². The number of carboxylic acids is 1. The molecular formula is C11H10CaMnO2. The molecule has 75 valence electrons. The van der Waals surface area contributed by atoms with Crippen LogP contribution in [0.15, 0.2) is 42.5 Å². The van der Waals surface area contributed by atoms with Crippen LogP contribution < -0.4 is 0 Å². The van der Waals surface area contributed by atoms with E-state index in [-0.39, 0.29) is 57.7 Å². The summed E-state index contributed by atoms with van der Waals surface area (Å²) in [7, 11) is 0. The molecule has 1 N–H and O–H groups in total. The van der Waals surface area contributed by atoms with Gasteiger partial charge >= 0.3 is 43.7 Å². The van der Waals surface area contributed by atoms with Crippen LogP contribution in [0.25, 0.3) is 10.8 Å². The summed E-state index contributed by atoms with van der Waals surface area (Å²) >= 11 is 0. The maximum Gasteiger partial charge on any atom is 2.00 e. The fourth-order valence-corrected chi connectivity index (χ4v) is 1.41. The zero-order valence-electron chi connectivity index (χ0n) is 9.98. The number of aromatic carboxylic acids is 1. The third-order valence-electron chi connectivity index (χ3n) is 2.02. The minimum absolute atomic E-state index is 0. The zero-order chi connectivity index (χ0) is 9.26. The molecule has 0 unspecified atom stereocenters. The number of carboxylic acid groups (broad SMARTS) is 1. The van der Waals surface area contributed by atoms with E-state index < -0.39 is 5.97 Å². The fourth-order valence-electron chi connectivity index (χ4n) is 1.41. The van der Waals surface area contributed by atoms with Gasteiger partial charge in [-0.15, -0.1) is 0 Å². The quantitative estimate of drug-likeness (QED) is 0.807. The van der Waals surface area contributed by atoms with Gasteiger partial charge in [0.15, 0.2) is 0 Å². The van der Waals surface area contributed by atoms with Crippen LogP contribution in [0.2, 0.25) is 0 Å². The standard InChI is InChI=1S/C11H8O2.Ca.Mn.2H/c12-11(13)10-7-3-5-8-4-1-2-6-9(8)10;;;;/h1-7H,(H,12,13);;;;/q;+2;;2*-1. The number of carbonyl (C=O) groups is 1. The SMILES string of the molecule is O=C(O)c1cccc2ccccc12.[Ca+2].[H-].[H-].[Mn]. The first kappa shape index (κ1) is 14.9. The van der Waals surface area contributed by atoms with E-state index in [0.29, 0.717) is 5.56 Å². The van der Waals surface area contributed by atoms with Crippen LogP contribution in [-0.2, 0) is 17.1 Å². The van der Waals surface area contributed by atoms with Gasteiger partial charge in [-0.2, -0.15) is 0 Å². The molecule has 2 nitrogen and oxygen atoms in total. The van der Waals surface area contributed by atoms with Crippen LogP contribution in [0.5, 0.6) is 0 Å². The number of rotatable bonds is 1. The molecule has 0 saturated heterocycles. The van der Waals surface area contributed by atoms with Gasteiger partial charge in [0, 0.05) is 17.1 Å². The first-order chi connectivity index (χ1) is 6.29. The predicted molar refractivity (Wildman–Crippen MR) is 58.9 cm³/mol. The van der Waals surface area contributed by atoms with Gasteiger partial charge in [0.2, 0.25) is 0 Å². The average Bonchev–Trinajstić information content (AvgIpc) is 2.17. The van der Waals surface area contributed by atoms with Crippen LogP contribution in [0.3, 0.4) is 0 Å². The van der Waals surface area contributed by atoms with Gasteiger partial charge in [0.25, 0.3) is 0 Å². The molecule has 0 spiro atoms. The minimum atomic E-state index is -0.878. The van der Waals surface area contributed by atoms with Crippen molar-refractivity contribution < 1.29 is 29.8 Å². The molecule has 15 heavy (non-hydrogen) atoms. The van der Waals surface area contributed by atoms with Crippen molar-refractivity contribution in [3.05, 3.63) is 48.0 Å². The molecule has 2 rings (SSSR count). The molecule has 1 radical (unpaired) electrons. The maximum absolute atomic E-state index is 10.8. The molecule has 0 aliphatic carbocycles. The van der Waals surface area contributed by atoms with E-state index in [1.165, 1.54) is 0 Å². The van der Waals surface area contributed by atoms with Gasteiger partial charge < -0.3 is 7.96 Å². The minimum Gasteiger partial charge on any atom is -1.00 e. The van der Waals surface area contributed by atoms with Gasteiger partial charge in [-0.3, -0.25) is 0 Å². The second kappa shape index (κ2) is 6.51. The molecule has 0 bridgehead atoms. The van der Waals surface area contributed by atoms with Crippen molar-refractivity contribution in [1.82, 2.24) is 0 Å². The molecule has 2 aromatic carbocycles. The number of benzene rings is 2. The van der Waals surface area contributed by atoms with Gasteiger partial charge in [-0.1, -0.05) is 36.4 Å². The summed E-state index contributed by atoms with van der Waals surface area (Å²) in [5, 5.41) is 10.6. The first-order valence-electron chi connectivity index (χ1n) is 4.00. The Morgan fingerprint density at radius 1 is 1.07 bits per heavy atom. The van der Waals surface area contributed by atoms with Crippen molar-refractivity contribution in [2.45, 2.75) is 0 Å². The van der Waals surface area contributed by atoms with Crippen molar-refractivity contribution in [1.29, 1.82) is 0 Å². The Labute approximate surface area is 131 Å². The Bertz CT molecular complexity index is 474. The van der Waals surface area contributed by atoms with E-state index in [9.17, 15) is 4.79 Å². The molecule has 0 fully saturated rings. The Morgan fingerprint density at radius 2 is 1.67 bits per heavy atom. The molecule has 0 saturated carbocycles. The van der Waals surface area contributed by atoms with Gasteiger partial charge in [0.1, 0.15) is 0 Å². The molecule has 0 aromatic heterocycles. The fraction of sp³-hybridized carbons (Fsp3) is 0.